The Kier molecular flexibility index (Phi) is 7.37. The van der Waals surface area contributed by atoms with E-state index in [0.29, 0.717) is 23.8 Å². The number of anilines is 2. The summed E-state index contributed by atoms with van der Waals surface area (Å²) in [6.07, 6.45) is 0. The molecule has 0 saturated heterocycles. The minimum atomic E-state index is -4.03. The van der Waals surface area contributed by atoms with Gasteiger partial charge >= 0.3 is 0 Å². The highest BCUT2D eigenvalue weighted by atomic mass is 32.2. The molecule has 0 aliphatic rings. The molecule has 32 heavy (non-hydrogen) atoms. The lowest BCUT2D eigenvalue weighted by Gasteiger charge is -2.26. The number of methoxy groups -OCH3 is 1. The molecule has 8 heteroatoms. The van der Waals surface area contributed by atoms with Crippen molar-refractivity contribution in [2.45, 2.75) is 18.7 Å². The number of carbonyl (C=O) groups is 1. The molecule has 168 valence electrons. The lowest BCUT2D eigenvalue weighted by atomic mass is 10.2. The molecule has 0 aliphatic carbocycles. The van der Waals surface area contributed by atoms with E-state index in [1.807, 2.05) is 19.9 Å². The van der Waals surface area contributed by atoms with Gasteiger partial charge in [0.25, 0.3) is 10.0 Å². The topological polar surface area (TPSA) is 84.9 Å². The molecule has 0 atom stereocenters. The van der Waals surface area contributed by atoms with Gasteiger partial charge in [-0.3, -0.25) is 9.10 Å². The number of rotatable bonds is 9. The molecule has 0 aliphatic heterocycles. The first-order valence-electron chi connectivity index (χ1n) is 10.1. The molecule has 3 aromatic carbocycles. The van der Waals surface area contributed by atoms with Crippen molar-refractivity contribution in [1.29, 1.82) is 0 Å². The summed E-state index contributed by atoms with van der Waals surface area (Å²) in [6.45, 7) is 3.84. The second-order valence-corrected chi connectivity index (χ2v) is 8.87. The Balaban J connectivity index is 1.94. The SMILES string of the molecule is CCOc1ccc(NC(=O)CN(c2cc(C)ccc2OC)S(=O)(=O)c2ccccc2)cc1. The predicted molar refractivity (Wildman–Crippen MR) is 125 cm³/mol. The van der Waals surface area contributed by atoms with Gasteiger partial charge in [0.1, 0.15) is 18.0 Å². The average molecular weight is 455 g/mol. The monoisotopic (exact) mass is 454 g/mol. The summed E-state index contributed by atoms with van der Waals surface area (Å²) < 4.78 is 38.8. The van der Waals surface area contributed by atoms with Crippen LogP contribution in [0, 0.1) is 6.92 Å². The fourth-order valence-electron chi connectivity index (χ4n) is 3.15. The Morgan fingerprint density at radius 3 is 2.31 bits per heavy atom. The lowest BCUT2D eigenvalue weighted by molar-refractivity contribution is -0.114. The Morgan fingerprint density at radius 1 is 1.00 bits per heavy atom. The van der Waals surface area contributed by atoms with Crippen molar-refractivity contribution in [1.82, 2.24) is 0 Å². The van der Waals surface area contributed by atoms with Crippen LogP contribution in [0.4, 0.5) is 11.4 Å². The summed E-state index contributed by atoms with van der Waals surface area (Å²) in [6, 6.07) is 20.1. The molecule has 0 fully saturated rings. The van der Waals surface area contributed by atoms with Gasteiger partial charge in [0.2, 0.25) is 5.91 Å². The van der Waals surface area contributed by atoms with Crippen LogP contribution in [0.5, 0.6) is 11.5 Å². The van der Waals surface area contributed by atoms with E-state index in [-0.39, 0.29) is 10.6 Å². The zero-order valence-electron chi connectivity index (χ0n) is 18.2. The van der Waals surface area contributed by atoms with Crippen molar-refractivity contribution in [2.75, 3.05) is 29.9 Å². The number of nitrogens with one attached hydrogen (secondary N) is 1. The van der Waals surface area contributed by atoms with Crippen LogP contribution in [0.15, 0.2) is 77.7 Å². The maximum atomic E-state index is 13.5. The number of aryl methyl sites for hydroxylation is 1. The molecule has 0 radical (unpaired) electrons. The van der Waals surface area contributed by atoms with E-state index in [1.165, 1.54) is 19.2 Å². The van der Waals surface area contributed by atoms with Crippen LogP contribution in [0.3, 0.4) is 0 Å². The van der Waals surface area contributed by atoms with Crippen molar-refractivity contribution in [2.24, 2.45) is 0 Å². The Morgan fingerprint density at radius 2 is 1.69 bits per heavy atom. The first-order valence-corrected chi connectivity index (χ1v) is 11.5. The molecular weight excluding hydrogens is 428 g/mol. The molecule has 0 aromatic heterocycles. The molecule has 0 heterocycles. The van der Waals surface area contributed by atoms with E-state index in [0.717, 1.165) is 9.87 Å². The number of carbonyl (C=O) groups excluding carboxylic acids is 1. The van der Waals surface area contributed by atoms with Crippen LogP contribution in [-0.4, -0.2) is 34.6 Å². The molecule has 1 amide bonds. The summed E-state index contributed by atoms with van der Waals surface area (Å²) in [5, 5.41) is 2.75. The minimum absolute atomic E-state index is 0.0810. The van der Waals surface area contributed by atoms with Gasteiger partial charge in [-0.1, -0.05) is 24.3 Å². The first kappa shape index (κ1) is 23.1. The smallest absolute Gasteiger partial charge is 0.264 e. The van der Waals surface area contributed by atoms with Crippen LogP contribution in [0.25, 0.3) is 0 Å². The van der Waals surface area contributed by atoms with Crippen molar-refractivity contribution in [3.63, 3.8) is 0 Å². The van der Waals surface area contributed by atoms with Crippen LogP contribution in [0.2, 0.25) is 0 Å². The second-order valence-electron chi connectivity index (χ2n) is 7.01. The normalized spacial score (nSPS) is 11.0. The zero-order chi connectivity index (χ0) is 23.1. The maximum Gasteiger partial charge on any atom is 0.264 e. The molecule has 1 N–H and O–H groups in total. The van der Waals surface area contributed by atoms with Crippen molar-refractivity contribution in [3.05, 3.63) is 78.4 Å². The van der Waals surface area contributed by atoms with Gasteiger partial charge in [-0.05, 0) is 67.9 Å². The lowest BCUT2D eigenvalue weighted by Crippen LogP contribution is -2.38. The number of hydrogen-bond donors (Lipinski definition) is 1. The largest absolute Gasteiger partial charge is 0.495 e. The van der Waals surface area contributed by atoms with Gasteiger partial charge in [0.15, 0.2) is 0 Å². The van der Waals surface area contributed by atoms with Crippen molar-refractivity contribution < 1.29 is 22.7 Å². The Hall–Kier alpha value is -3.52. The van der Waals surface area contributed by atoms with E-state index in [4.69, 9.17) is 9.47 Å². The highest BCUT2D eigenvalue weighted by Crippen LogP contribution is 2.33. The second kappa shape index (κ2) is 10.2. The summed E-state index contributed by atoms with van der Waals surface area (Å²) >= 11 is 0. The van der Waals surface area contributed by atoms with Gasteiger partial charge in [0, 0.05) is 5.69 Å². The highest BCUT2D eigenvalue weighted by Gasteiger charge is 2.29. The molecular formula is C24H26N2O5S. The highest BCUT2D eigenvalue weighted by molar-refractivity contribution is 7.92. The number of benzene rings is 3. The Bertz CT molecular complexity index is 1160. The quantitative estimate of drug-likeness (QED) is 0.523. The molecule has 0 spiro atoms. The summed E-state index contributed by atoms with van der Waals surface area (Å²) in [7, 11) is -2.57. The van der Waals surface area contributed by atoms with Crippen LogP contribution >= 0.6 is 0 Å². The van der Waals surface area contributed by atoms with Gasteiger partial charge in [-0.25, -0.2) is 8.42 Å². The third kappa shape index (κ3) is 5.39. The fourth-order valence-corrected chi connectivity index (χ4v) is 4.59. The van der Waals surface area contributed by atoms with Gasteiger partial charge in [0.05, 0.1) is 24.3 Å². The minimum Gasteiger partial charge on any atom is -0.495 e. The fraction of sp³-hybridized carbons (Fsp3) is 0.208. The third-order valence-electron chi connectivity index (χ3n) is 4.67. The molecule has 3 rings (SSSR count). The van der Waals surface area contributed by atoms with Crippen LogP contribution in [-0.2, 0) is 14.8 Å². The van der Waals surface area contributed by atoms with Crippen LogP contribution in [0.1, 0.15) is 12.5 Å². The van der Waals surface area contributed by atoms with E-state index in [2.05, 4.69) is 5.32 Å². The molecule has 0 bridgehead atoms. The van der Waals surface area contributed by atoms with Gasteiger partial charge in [-0.15, -0.1) is 0 Å². The summed E-state index contributed by atoms with van der Waals surface area (Å²) in [4.78, 5) is 13.0. The first-order chi connectivity index (χ1) is 15.3. The van der Waals surface area contributed by atoms with E-state index in [1.54, 1.807) is 54.6 Å². The predicted octanol–water partition coefficient (Wildman–Crippen LogP) is 4.24. The Labute approximate surface area is 188 Å². The number of nitrogens with zero attached hydrogens (tertiary/aromatic N) is 1. The zero-order valence-corrected chi connectivity index (χ0v) is 19.1. The average Bonchev–Trinajstić information content (AvgIpc) is 2.79. The van der Waals surface area contributed by atoms with E-state index in [9.17, 15) is 13.2 Å². The standard InChI is InChI=1S/C24H26N2O5S/c1-4-31-20-13-11-19(12-14-20)25-24(27)17-26(22-16-18(2)10-15-23(22)30-3)32(28,29)21-8-6-5-7-9-21/h5-16H,4,17H2,1-3H3,(H,25,27). The molecule has 7 nitrogen and oxygen atoms in total. The van der Waals surface area contributed by atoms with Crippen molar-refractivity contribution in [3.8, 4) is 11.5 Å². The van der Waals surface area contributed by atoms with Crippen LogP contribution < -0.4 is 19.1 Å². The van der Waals surface area contributed by atoms with Gasteiger partial charge in [-0.2, -0.15) is 0 Å². The molecule has 0 saturated carbocycles. The third-order valence-corrected chi connectivity index (χ3v) is 6.44. The van der Waals surface area contributed by atoms with E-state index < -0.39 is 22.5 Å². The molecule has 0 unspecified atom stereocenters. The number of amides is 1. The number of hydrogen-bond acceptors (Lipinski definition) is 5. The maximum absolute atomic E-state index is 13.5. The number of sulfonamides is 1. The molecule has 3 aromatic rings. The van der Waals surface area contributed by atoms with Gasteiger partial charge < -0.3 is 14.8 Å². The number of ether oxygens (including phenoxy) is 2. The van der Waals surface area contributed by atoms with E-state index >= 15 is 0 Å². The summed E-state index contributed by atoms with van der Waals surface area (Å²) in [5.41, 5.74) is 1.66. The van der Waals surface area contributed by atoms with Crippen molar-refractivity contribution >= 4 is 27.3 Å². The summed E-state index contributed by atoms with van der Waals surface area (Å²) in [5.74, 6) is 0.546.